The zero-order valence-corrected chi connectivity index (χ0v) is 12.7. The number of hydrogen-bond donors (Lipinski definition) is 1. The van der Waals surface area contributed by atoms with E-state index in [1.807, 2.05) is 25.9 Å². The van der Waals surface area contributed by atoms with E-state index in [9.17, 15) is 8.42 Å². The van der Waals surface area contributed by atoms with E-state index >= 15 is 0 Å². The molecule has 0 bridgehead atoms. The maximum Gasteiger partial charge on any atom is 0.243 e. The van der Waals surface area contributed by atoms with E-state index in [0.29, 0.717) is 30.2 Å². The summed E-state index contributed by atoms with van der Waals surface area (Å²) in [5.74, 6) is 0. The highest BCUT2D eigenvalue weighted by Crippen LogP contribution is 2.17. The fourth-order valence-corrected chi connectivity index (χ4v) is 3.23. The van der Waals surface area contributed by atoms with E-state index in [4.69, 9.17) is 5.73 Å². The standard InChI is InChI=1S/C13H23N3O2S/c1-4-9-16(11-10-15(2)3)19(17,18)13-7-5-12(14)6-8-13/h5-8H,4,9-11,14H2,1-3H3. The normalized spacial score (nSPS) is 12.3. The average Bonchev–Trinajstić information content (AvgIpc) is 2.34. The first-order valence-corrected chi connectivity index (χ1v) is 7.82. The Bertz CT molecular complexity index is 483. The van der Waals surface area contributed by atoms with Crippen molar-refractivity contribution in [3.8, 4) is 0 Å². The Balaban J connectivity index is 2.95. The molecule has 1 aromatic rings. The van der Waals surface area contributed by atoms with Crippen molar-refractivity contribution in [2.75, 3.05) is 39.5 Å². The van der Waals surface area contributed by atoms with Gasteiger partial charge in [-0.25, -0.2) is 8.42 Å². The van der Waals surface area contributed by atoms with Crippen molar-refractivity contribution < 1.29 is 8.42 Å². The molecule has 108 valence electrons. The molecule has 1 rings (SSSR count). The van der Waals surface area contributed by atoms with E-state index in [0.717, 1.165) is 6.42 Å². The summed E-state index contributed by atoms with van der Waals surface area (Å²) < 4.78 is 26.6. The second-order valence-corrected chi connectivity index (χ2v) is 6.71. The zero-order chi connectivity index (χ0) is 14.5. The molecule has 2 N–H and O–H groups in total. The summed E-state index contributed by atoms with van der Waals surface area (Å²) in [5.41, 5.74) is 6.15. The molecule has 5 nitrogen and oxygen atoms in total. The third kappa shape index (κ3) is 4.49. The molecule has 0 saturated heterocycles. The van der Waals surface area contributed by atoms with Crippen LogP contribution in [-0.2, 0) is 10.0 Å². The van der Waals surface area contributed by atoms with Gasteiger partial charge in [-0.3, -0.25) is 0 Å². The average molecular weight is 285 g/mol. The van der Waals surface area contributed by atoms with Crippen molar-refractivity contribution in [3.05, 3.63) is 24.3 Å². The highest BCUT2D eigenvalue weighted by molar-refractivity contribution is 7.89. The first-order chi connectivity index (χ1) is 8.87. The zero-order valence-electron chi connectivity index (χ0n) is 11.8. The third-order valence-electron chi connectivity index (χ3n) is 2.79. The maximum atomic E-state index is 12.5. The second kappa shape index (κ2) is 6.88. The molecule has 0 fully saturated rings. The number of nitrogens with zero attached hydrogens (tertiary/aromatic N) is 2. The Morgan fingerprint density at radius 2 is 1.63 bits per heavy atom. The van der Waals surface area contributed by atoms with Gasteiger partial charge in [0.15, 0.2) is 0 Å². The quantitative estimate of drug-likeness (QED) is 0.765. The SMILES string of the molecule is CCCN(CCN(C)C)S(=O)(=O)c1ccc(N)cc1. The highest BCUT2D eigenvalue weighted by Gasteiger charge is 2.23. The lowest BCUT2D eigenvalue weighted by molar-refractivity contribution is 0.333. The minimum Gasteiger partial charge on any atom is -0.399 e. The number of nitrogen functional groups attached to an aromatic ring is 1. The predicted octanol–water partition coefficient (Wildman–Crippen LogP) is 1.23. The highest BCUT2D eigenvalue weighted by atomic mass is 32.2. The van der Waals surface area contributed by atoms with Crippen LogP contribution in [0.4, 0.5) is 5.69 Å². The fraction of sp³-hybridized carbons (Fsp3) is 0.538. The molecule has 0 unspecified atom stereocenters. The summed E-state index contributed by atoms with van der Waals surface area (Å²) in [4.78, 5) is 2.27. The lowest BCUT2D eigenvalue weighted by Gasteiger charge is -2.23. The molecule has 0 aliphatic heterocycles. The van der Waals surface area contributed by atoms with Crippen LogP contribution < -0.4 is 5.73 Å². The van der Waals surface area contributed by atoms with Gasteiger partial charge in [0.1, 0.15) is 0 Å². The van der Waals surface area contributed by atoms with Crippen LogP contribution in [0.1, 0.15) is 13.3 Å². The largest absolute Gasteiger partial charge is 0.399 e. The van der Waals surface area contributed by atoms with Gasteiger partial charge in [-0.15, -0.1) is 0 Å². The smallest absolute Gasteiger partial charge is 0.243 e. The molecule has 0 heterocycles. The molecule has 0 aromatic heterocycles. The van der Waals surface area contributed by atoms with Crippen molar-refractivity contribution in [2.24, 2.45) is 0 Å². The first-order valence-electron chi connectivity index (χ1n) is 6.38. The second-order valence-electron chi connectivity index (χ2n) is 4.78. The molecule has 0 aliphatic carbocycles. The van der Waals surface area contributed by atoms with E-state index in [1.54, 1.807) is 24.3 Å². The Hall–Kier alpha value is -1.11. The summed E-state index contributed by atoms with van der Waals surface area (Å²) in [7, 11) is 0.436. The fourth-order valence-electron chi connectivity index (χ4n) is 1.70. The Labute approximate surface area is 116 Å². The number of benzene rings is 1. The summed E-state index contributed by atoms with van der Waals surface area (Å²) >= 11 is 0. The summed E-state index contributed by atoms with van der Waals surface area (Å²) in [6.45, 7) is 3.70. The van der Waals surface area contributed by atoms with E-state index in [2.05, 4.69) is 0 Å². The number of sulfonamides is 1. The summed E-state index contributed by atoms with van der Waals surface area (Å²) in [6, 6.07) is 6.35. The van der Waals surface area contributed by atoms with Gasteiger partial charge in [0.2, 0.25) is 10.0 Å². The Morgan fingerprint density at radius 1 is 1.05 bits per heavy atom. The van der Waals surface area contributed by atoms with E-state index in [-0.39, 0.29) is 0 Å². The van der Waals surface area contributed by atoms with Crippen LogP contribution in [0.25, 0.3) is 0 Å². The molecule has 0 radical (unpaired) electrons. The lowest BCUT2D eigenvalue weighted by atomic mass is 10.3. The minimum absolute atomic E-state index is 0.300. The third-order valence-corrected chi connectivity index (χ3v) is 4.70. The van der Waals surface area contributed by atoms with E-state index < -0.39 is 10.0 Å². The van der Waals surface area contributed by atoms with Crippen molar-refractivity contribution in [2.45, 2.75) is 18.2 Å². The monoisotopic (exact) mass is 285 g/mol. The molecule has 0 atom stereocenters. The van der Waals surface area contributed by atoms with Crippen molar-refractivity contribution in [1.82, 2.24) is 9.21 Å². The number of likely N-dealkylation sites (N-methyl/N-ethyl adjacent to an activating group) is 1. The van der Waals surface area contributed by atoms with Crippen LogP contribution in [-0.4, -0.2) is 51.4 Å². The van der Waals surface area contributed by atoms with Crippen LogP contribution in [0.15, 0.2) is 29.2 Å². The van der Waals surface area contributed by atoms with Crippen molar-refractivity contribution in [1.29, 1.82) is 0 Å². The van der Waals surface area contributed by atoms with Gasteiger partial charge in [-0.05, 0) is 44.8 Å². The Morgan fingerprint density at radius 3 is 2.11 bits per heavy atom. The van der Waals surface area contributed by atoms with Gasteiger partial charge in [0, 0.05) is 25.3 Å². The number of hydrogen-bond acceptors (Lipinski definition) is 4. The minimum atomic E-state index is -3.42. The number of anilines is 1. The van der Waals surface area contributed by atoms with Gasteiger partial charge in [-0.1, -0.05) is 6.92 Å². The molecule has 0 spiro atoms. The van der Waals surface area contributed by atoms with Crippen LogP contribution >= 0.6 is 0 Å². The maximum absolute atomic E-state index is 12.5. The Kier molecular flexibility index (Phi) is 5.78. The molecular formula is C13H23N3O2S. The molecular weight excluding hydrogens is 262 g/mol. The van der Waals surface area contributed by atoms with Crippen molar-refractivity contribution in [3.63, 3.8) is 0 Å². The van der Waals surface area contributed by atoms with Crippen LogP contribution in [0.2, 0.25) is 0 Å². The molecule has 6 heteroatoms. The van der Waals surface area contributed by atoms with Gasteiger partial charge in [0.05, 0.1) is 4.90 Å². The van der Waals surface area contributed by atoms with Crippen LogP contribution in [0, 0.1) is 0 Å². The number of nitrogens with two attached hydrogens (primary N) is 1. The molecule has 0 aliphatic rings. The van der Waals surface area contributed by atoms with Gasteiger partial charge in [0.25, 0.3) is 0 Å². The number of rotatable bonds is 7. The van der Waals surface area contributed by atoms with Crippen LogP contribution in [0.5, 0.6) is 0 Å². The summed E-state index contributed by atoms with van der Waals surface area (Å²) in [5, 5.41) is 0. The van der Waals surface area contributed by atoms with Gasteiger partial charge in [-0.2, -0.15) is 4.31 Å². The molecule has 0 amide bonds. The molecule has 0 saturated carbocycles. The molecule has 19 heavy (non-hydrogen) atoms. The molecule has 1 aromatic carbocycles. The first kappa shape index (κ1) is 15.9. The summed E-state index contributed by atoms with van der Waals surface area (Å²) in [6.07, 6.45) is 0.793. The lowest BCUT2D eigenvalue weighted by Crippen LogP contribution is -2.37. The predicted molar refractivity (Wildman–Crippen MR) is 78.5 cm³/mol. The van der Waals surface area contributed by atoms with Crippen molar-refractivity contribution >= 4 is 15.7 Å². The van der Waals surface area contributed by atoms with Gasteiger partial charge < -0.3 is 10.6 Å². The topological polar surface area (TPSA) is 66.6 Å². The van der Waals surface area contributed by atoms with E-state index in [1.165, 1.54) is 4.31 Å². The van der Waals surface area contributed by atoms with Gasteiger partial charge >= 0.3 is 0 Å². The van der Waals surface area contributed by atoms with Crippen LogP contribution in [0.3, 0.4) is 0 Å².